The highest BCUT2D eigenvalue weighted by molar-refractivity contribution is 7.89. The van der Waals surface area contributed by atoms with Crippen molar-refractivity contribution >= 4 is 33.2 Å². The third-order valence-electron chi connectivity index (χ3n) is 5.24. The summed E-state index contributed by atoms with van der Waals surface area (Å²) in [4.78, 5) is 26.7. The Hall–Kier alpha value is -1.45. The van der Waals surface area contributed by atoms with Crippen molar-refractivity contribution in [1.29, 1.82) is 0 Å². The number of piperidine rings is 1. The number of rotatable bonds is 6. The molecule has 2 aliphatic heterocycles. The second-order valence-corrected chi connectivity index (χ2v) is 9.77. The maximum Gasteiger partial charge on any atom is 0.350 e. The second kappa shape index (κ2) is 8.70. The molecule has 1 atom stereocenters. The number of ether oxygens (including phenoxy) is 1. The summed E-state index contributed by atoms with van der Waals surface area (Å²) in [5, 5.41) is 1.57. The normalized spacial score (nSPS) is 21.4. The van der Waals surface area contributed by atoms with Crippen molar-refractivity contribution in [3.05, 3.63) is 16.3 Å². The predicted octanol–water partition coefficient (Wildman–Crippen LogP) is 2.48. The van der Waals surface area contributed by atoms with Gasteiger partial charge in [0.2, 0.25) is 10.0 Å². The Morgan fingerprint density at radius 2 is 1.89 bits per heavy atom. The minimum Gasteiger partial charge on any atom is -0.451 e. The largest absolute Gasteiger partial charge is 0.451 e. The van der Waals surface area contributed by atoms with Crippen LogP contribution < -0.4 is 0 Å². The Balaban J connectivity index is 1.65. The molecule has 2 saturated heterocycles. The van der Waals surface area contributed by atoms with E-state index in [0.717, 1.165) is 49.9 Å². The van der Waals surface area contributed by atoms with Gasteiger partial charge in [-0.25, -0.2) is 13.2 Å². The number of hydrogen-bond donors (Lipinski definition) is 0. The van der Waals surface area contributed by atoms with E-state index in [9.17, 15) is 18.0 Å². The Bertz CT molecular complexity index is 783. The molecule has 0 saturated carbocycles. The molecule has 0 radical (unpaired) electrons. The van der Waals surface area contributed by atoms with E-state index < -0.39 is 16.0 Å². The van der Waals surface area contributed by atoms with Gasteiger partial charge in [-0.1, -0.05) is 6.92 Å². The van der Waals surface area contributed by atoms with E-state index in [-0.39, 0.29) is 28.3 Å². The Morgan fingerprint density at radius 3 is 2.59 bits per heavy atom. The van der Waals surface area contributed by atoms with E-state index >= 15 is 0 Å². The standard InChI is InChI=1S/C18H26N2O5S2/c1-2-14-7-3-4-11-20(14)16(21)13-25-18(22)17-15(8-12-26-17)27(23,24)19-9-5-6-10-19/h8,12,14H,2-7,9-11,13H2,1H3. The number of esters is 1. The van der Waals surface area contributed by atoms with E-state index in [1.165, 1.54) is 10.4 Å². The zero-order chi connectivity index (χ0) is 19.4. The van der Waals surface area contributed by atoms with Gasteiger partial charge in [0, 0.05) is 25.7 Å². The predicted molar refractivity (Wildman–Crippen MR) is 102 cm³/mol. The Labute approximate surface area is 164 Å². The lowest BCUT2D eigenvalue weighted by atomic mass is 10.00. The van der Waals surface area contributed by atoms with Crippen molar-refractivity contribution in [1.82, 2.24) is 9.21 Å². The van der Waals surface area contributed by atoms with Crippen molar-refractivity contribution < 1.29 is 22.7 Å². The van der Waals surface area contributed by atoms with Crippen LogP contribution in [0, 0.1) is 0 Å². The highest BCUT2D eigenvalue weighted by Gasteiger charge is 2.33. The number of carbonyl (C=O) groups excluding carboxylic acids is 2. The fourth-order valence-corrected chi connectivity index (χ4v) is 6.55. The van der Waals surface area contributed by atoms with E-state index in [1.807, 2.05) is 6.92 Å². The molecule has 0 aromatic carbocycles. The van der Waals surface area contributed by atoms with Crippen LogP contribution in [0.3, 0.4) is 0 Å². The fourth-order valence-electron chi connectivity index (χ4n) is 3.75. The van der Waals surface area contributed by atoms with Gasteiger partial charge in [-0.05, 0) is 50.0 Å². The molecule has 0 N–H and O–H groups in total. The first kappa shape index (κ1) is 20.3. The van der Waals surface area contributed by atoms with Gasteiger partial charge in [0.1, 0.15) is 9.77 Å². The van der Waals surface area contributed by atoms with Crippen LogP contribution in [-0.2, 0) is 19.6 Å². The van der Waals surface area contributed by atoms with Gasteiger partial charge in [-0.3, -0.25) is 4.79 Å². The third kappa shape index (κ3) is 4.35. The van der Waals surface area contributed by atoms with Crippen molar-refractivity contribution in [3.63, 3.8) is 0 Å². The highest BCUT2D eigenvalue weighted by Crippen LogP contribution is 2.28. The molecule has 1 amide bonds. The summed E-state index contributed by atoms with van der Waals surface area (Å²) in [5.41, 5.74) is 0. The lowest BCUT2D eigenvalue weighted by Crippen LogP contribution is -2.45. The minimum atomic E-state index is -3.70. The molecule has 27 heavy (non-hydrogen) atoms. The molecule has 3 heterocycles. The quantitative estimate of drug-likeness (QED) is 0.668. The first-order valence-corrected chi connectivity index (χ1v) is 11.8. The molecule has 0 spiro atoms. The molecule has 150 valence electrons. The van der Waals surface area contributed by atoms with E-state index in [0.29, 0.717) is 19.6 Å². The maximum absolute atomic E-state index is 12.7. The SMILES string of the molecule is CCC1CCCCN1C(=O)COC(=O)c1sccc1S(=O)(=O)N1CCCC1. The molecule has 3 rings (SSSR count). The van der Waals surface area contributed by atoms with Crippen LogP contribution in [-0.4, -0.2) is 61.8 Å². The number of nitrogens with zero attached hydrogens (tertiary/aromatic N) is 2. The Kier molecular flexibility index (Phi) is 6.54. The minimum absolute atomic E-state index is 0.0174. The summed E-state index contributed by atoms with van der Waals surface area (Å²) in [6.45, 7) is 3.32. The molecule has 1 aromatic heterocycles. The van der Waals surface area contributed by atoms with Crippen molar-refractivity contribution in [3.8, 4) is 0 Å². The number of hydrogen-bond acceptors (Lipinski definition) is 6. The van der Waals surface area contributed by atoms with Crippen LogP contribution in [0.2, 0.25) is 0 Å². The summed E-state index contributed by atoms with van der Waals surface area (Å²) in [6.07, 6.45) is 5.56. The van der Waals surface area contributed by atoms with Gasteiger partial charge in [0.15, 0.2) is 6.61 Å². The molecule has 7 nitrogen and oxygen atoms in total. The molecule has 9 heteroatoms. The molecule has 0 bridgehead atoms. The van der Waals surface area contributed by atoms with Gasteiger partial charge < -0.3 is 9.64 Å². The summed E-state index contributed by atoms with van der Waals surface area (Å²) >= 11 is 1.03. The van der Waals surface area contributed by atoms with Crippen molar-refractivity contribution in [2.45, 2.75) is 56.4 Å². The average Bonchev–Trinajstić information content (AvgIpc) is 3.38. The molecule has 0 aliphatic carbocycles. The molecule has 1 aromatic rings. The topological polar surface area (TPSA) is 84.0 Å². The summed E-state index contributed by atoms with van der Waals surface area (Å²) in [5.74, 6) is -0.961. The smallest absolute Gasteiger partial charge is 0.350 e. The lowest BCUT2D eigenvalue weighted by molar-refractivity contribution is -0.138. The van der Waals surface area contributed by atoms with E-state index in [4.69, 9.17) is 4.74 Å². The number of thiophene rings is 1. The van der Waals surface area contributed by atoms with Crippen molar-refractivity contribution in [2.75, 3.05) is 26.2 Å². The number of amides is 1. The van der Waals surface area contributed by atoms with Crippen LogP contribution >= 0.6 is 11.3 Å². The first-order chi connectivity index (χ1) is 12.9. The second-order valence-electron chi connectivity index (χ2n) is 6.95. The first-order valence-electron chi connectivity index (χ1n) is 9.49. The monoisotopic (exact) mass is 414 g/mol. The number of likely N-dealkylation sites (tertiary alicyclic amines) is 1. The van der Waals surface area contributed by atoms with Crippen LogP contribution in [0.25, 0.3) is 0 Å². The third-order valence-corrected chi connectivity index (χ3v) is 8.21. The van der Waals surface area contributed by atoms with Crippen LogP contribution in [0.4, 0.5) is 0 Å². The van der Waals surface area contributed by atoms with Gasteiger partial charge >= 0.3 is 5.97 Å². The zero-order valence-electron chi connectivity index (χ0n) is 15.6. The molecule has 1 unspecified atom stereocenters. The lowest BCUT2D eigenvalue weighted by Gasteiger charge is -2.35. The van der Waals surface area contributed by atoms with Crippen LogP contribution in [0.5, 0.6) is 0 Å². The maximum atomic E-state index is 12.7. The van der Waals surface area contributed by atoms with Gasteiger partial charge in [0.25, 0.3) is 5.91 Å². The zero-order valence-corrected chi connectivity index (χ0v) is 17.2. The van der Waals surface area contributed by atoms with Crippen LogP contribution in [0.1, 0.15) is 55.1 Å². The molecular weight excluding hydrogens is 388 g/mol. The molecule has 2 fully saturated rings. The molecule has 2 aliphatic rings. The fraction of sp³-hybridized carbons (Fsp3) is 0.667. The average molecular weight is 415 g/mol. The number of sulfonamides is 1. The summed E-state index contributed by atoms with van der Waals surface area (Å²) in [6, 6.07) is 1.63. The van der Waals surface area contributed by atoms with Gasteiger partial charge in [0.05, 0.1) is 0 Å². The van der Waals surface area contributed by atoms with Gasteiger partial charge in [-0.2, -0.15) is 4.31 Å². The molecular formula is C18H26N2O5S2. The van der Waals surface area contributed by atoms with Crippen LogP contribution in [0.15, 0.2) is 16.3 Å². The van der Waals surface area contributed by atoms with E-state index in [1.54, 1.807) is 10.3 Å². The number of carbonyl (C=O) groups is 2. The van der Waals surface area contributed by atoms with Gasteiger partial charge in [-0.15, -0.1) is 11.3 Å². The summed E-state index contributed by atoms with van der Waals surface area (Å²) in [7, 11) is -3.70. The highest BCUT2D eigenvalue weighted by atomic mass is 32.2. The summed E-state index contributed by atoms with van der Waals surface area (Å²) < 4.78 is 32.1. The Morgan fingerprint density at radius 1 is 1.19 bits per heavy atom. The van der Waals surface area contributed by atoms with E-state index in [2.05, 4.69) is 0 Å². The van der Waals surface area contributed by atoms with Crippen molar-refractivity contribution in [2.24, 2.45) is 0 Å².